The molecule has 7 nitrogen and oxygen atoms in total. The molecule has 2 heterocycles. The van der Waals surface area contributed by atoms with Gasteiger partial charge in [-0.3, -0.25) is 4.79 Å². The predicted octanol–water partition coefficient (Wildman–Crippen LogP) is 4.32. The monoisotopic (exact) mass is 444 g/mol. The van der Waals surface area contributed by atoms with Crippen molar-refractivity contribution >= 4 is 40.7 Å². The second-order valence-electron chi connectivity index (χ2n) is 6.54. The van der Waals surface area contributed by atoms with E-state index in [0.29, 0.717) is 23.0 Å². The van der Waals surface area contributed by atoms with Crippen molar-refractivity contribution < 1.29 is 14.3 Å². The number of nitrogens with one attached hydrogen (secondary N) is 1. The average Bonchev–Trinajstić information content (AvgIpc) is 3.28. The molecule has 0 saturated carbocycles. The number of aromatic nitrogens is 3. The lowest BCUT2D eigenvalue weighted by molar-refractivity contribution is -0.113. The normalized spacial score (nSPS) is 10.8. The summed E-state index contributed by atoms with van der Waals surface area (Å²) in [4.78, 5) is 25.3. The van der Waals surface area contributed by atoms with Gasteiger partial charge in [0.2, 0.25) is 5.91 Å². The predicted molar refractivity (Wildman–Crippen MR) is 120 cm³/mol. The highest BCUT2D eigenvalue weighted by atomic mass is 32.2. The maximum absolute atomic E-state index is 12.3. The van der Waals surface area contributed by atoms with Crippen molar-refractivity contribution in [3.63, 3.8) is 0 Å². The van der Waals surface area contributed by atoms with Crippen LogP contribution >= 0.6 is 23.1 Å². The van der Waals surface area contributed by atoms with Crippen LogP contribution in [-0.2, 0) is 23.0 Å². The quantitative estimate of drug-likeness (QED) is 0.411. The number of carbonyl (C=O) groups is 2. The minimum absolute atomic E-state index is 0.158. The van der Waals surface area contributed by atoms with Crippen molar-refractivity contribution in [2.75, 3.05) is 17.7 Å². The number of hydrogen-bond acceptors (Lipinski definition) is 7. The summed E-state index contributed by atoms with van der Waals surface area (Å²) in [6.07, 6.45) is 0.942. The first-order valence-corrected chi connectivity index (χ1v) is 11.5. The summed E-state index contributed by atoms with van der Waals surface area (Å²) < 4.78 is 6.88. The number of rotatable bonds is 8. The minimum Gasteiger partial charge on any atom is -0.462 e. The molecular formula is C21H24N4O3S2. The minimum atomic E-state index is -0.379. The maximum atomic E-state index is 12.3. The molecule has 30 heavy (non-hydrogen) atoms. The number of aryl methyl sites for hydroxylation is 1. The first-order chi connectivity index (χ1) is 14.4. The van der Waals surface area contributed by atoms with E-state index >= 15 is 0 Å². The zero-order valence-corrected chi connectivity index (χ0v) is 19.0. The van der Waals surface area contributed by atoms with Crippen LogP contribution in [0.2, 0.25) is 0 Å². The number of carbonyl (C=O) groups excluding carboxylic acids is 2. The molecule has 1 aromatic carbocycles. The van der Waals surface area contributed by atoms with Crippen LogP contribution < -0.4 is 5.32 Å². The molecule has 0 aliphatic carbocycles. The number of esters is 1. The average molecular weight is 445 g/mol. The number of thioether (sulfide) groups is 1. The Morgan fingerprint density at radius 1 is 1.20 bits per heavy atom. The van der Waals surface area contributed by atoms with Crippen LogP contribution in [0.3, 0.4) is 0 Å². The molecule has 0 aliphatic rings. The van der Waals surface area contributed by atoms with Gasteiger partial charge in [-0.2, -0.15) is 0 Å². The molecule has 2 aromatic heterocycles. The number of nitrogens with zero attached hydrogens (tertiary/aromatic N) is 3. The van der Waals surface area contributed by atoms with Crippen LogP contribution in [0.15, 0.2) is 34.8 Å². The Morgan fingerprint density at radius 2 is 1.93 bits per heavy atom. The Kier molecular flexibility index (Phi) is 7.28. The van der Waals surface area contributed by atoms with E-state index in [-0.39, 0.29) is 17.6 Å². The molecule has 0 unspecified atom stereocenters. The molecule has 0 bridgehead atoms. The van der Waals surface area contributed by atoms with Gasteiger partial charge in [0.05, 0.1) is 17.9 Å². The van der Waals surface area contributed by atoms with Gasteiger partial charge in [0.15, 0.2) is 11.0 Å². The number of ether oxygens (including phenoxy) is 1. The van der Waals surface area contributed by atoms with Crippen molar-refractivity contribution in [3.05, 3.63) is 45.6 Å². The lowest BCUT2D eigenvalue weighted by Gasteiger charge is -2.07. The number of benzene rings is 1. The van der Waals surface area contributed by atoms with Crippen LogP contribution in [0, 0.1) is 6.92 Å². The van der Waals surface area contributed by atoms with E-state index in [1.54, 1.807) is 42.5 Å². The van der Waals surface area contributed by atoms with E-state index in [0.717, 1.165) is 17.8 Å². The van der Waals surface area contributed by atoms with Gasteiger partial charge in [-0.25, -0.2) is 4.79 Å². The fourth-order valence-corrected chi connectivity index (χ4v) is 4.66. The van der Waals surface area contributed by atoms with Gasteiger partial charge in [-0.05, 0) is 50.1 Å². The Labute approximate surface area is 183 Å². The van der Waals surface area contributed by atoms with Gasteiger partial charge in [0.1, 0.15) is 0 Å². The number of thiophene rings is 1. The summed E-state index contributed by atoms with van der Waals surface area (Å²) in [5, 5.41) is 14.2. The maximum Gasteiger partial charge on any atom is 0.338 e. The fraction of sp³-hybridized carbons (Fsp3) is 0.333. The Bertz CT molecular complexity index is 1040. The van der Waals surface area contributed by atoms with Crippen molar-refractivity contribution in [2.45, 2.75) is 32.3 Å². The van der Waals surface area contributed by atoms with Gasteiger partial charge in [-0.1, -0.05) is 18.7 Å². The second-order valence-corrected chi connectivity index (χ2v) is 8.56. The van der Waals surface area contributed by atoms with Crippen molar-refractivity contribution in [1.29, 1.82) is 0 Å². The summed E-state index contributed by atoms with van der Waals surface area (Å²) in [5.41, 5.74) is 3.46. The third kappa shape index (κ3) is 4.91. The first kappa shape index (κ1) is 22.0. The summed E-state index contributed by atoms with van der Waals surface area (Å²) >= 11 is 3.04. The van der Waals surface area contributed by atoms with Gasteiger partial charge in [-0.15, -0.1) is 21.5 Å². The van der Waals surface area contributed by atoms with Crippen LogP contribution in [0.25, 0.3) is 11.4 Å². The van der Waals surface area contributed by atoms with Crippen LogP contribution in [0.1, 0.15) is 34.6 Å². The molecule has 0 spiro atoms. The van der Waals surface area contributed by atoms with Crippen LogP contribution in [0.4, 0.5) is 5.69 Å². The third-order valence-corrected chi connectivity index (χ3v) is 6.52. The lowest BCUT2D eigenvalue weighted by Crippen LogP contribution is -2.14. The summed E-state index contributed by atoms with van der Waals surface area (Å²) in [6.45, 7) is 6.33. The number of hydrogen-bond donors (Lipinski definition) is 1. The highest BCUT2D eigenvalue weighted by molar-refractivity contribution is 7.99. The zero-order valence-electron chi connectivity index (χ0n) is 17.4. The summed E-state index contributed by atoms with van der Waals surface area (Å²) in [5.74, 6) is 0.480. The standard InChI is InChI=1S/C21H24N4O3S2/c1-5-16-13(3)29-11-17(16)19-23-24-21(25(19)4)30-12-18(26)22-15-9-7-14(8-10-15)20(27)28-6-2/h7-11H,5-6,12H2,1-4H3,(H,22,26). The van der Waals surface area contributed by atoms with Crippen molar-refractivity contribution in [1.82, 2.24) is 14.8 Å². The van der Waals surface area contributed by atoms with E-state index in [9.17, 15) is 9.59 Å². The Hall–Kier alpha value is -2.65. The molecule has 9 heteroatoms. The van der Waals surface area contributed by atoms with Crippen molar-refractivity contribution in [3.8, 4) is 11.4 Å². The molecule has 0 fully saturated rings. The largest absolute Gasteiger partial charge is 0.462 e. The highest BCUT2D eigenvalue weighted by Crippen LogP contribution is 2.31. The molecular weight excluding hydrogens is 420 g/mol. The van der Waals surface area contributed by atoms with Gasteiger partial charge in [0.25, 0.3) is 0 Å². The lowest BCUT2D eigenvalue weighted by atomic mass is 10.1. The zero-order chi connectivity index (χ0) is 21.7. The molecule has 0 atom stereocenters. The van der Waals surface area contributed by atoms with Crippen LogP contribution in [0.5, 0.6) is 0 Å². The van der Waals surface area contributed by atoms with Gasteiger partial charge < -0.3 is 14.6 Å². The van der Waals surface area contributed by atoms with E-state index in [1.165, 1.54) is 22.2 Å². The van der Waals surface area contributed by atoms with Crippen LogP contribution in [-0.4, -0.2) is 39.0 Å². The SMILES string of the molecule is CCOC(=O)c1ccc(NC(=O)CSc2nnc(-c3csc(C)c3CC)n2C)cc1. The van der Waals surface area contributed by atoms with Gasteiger partial charge >= 0.3 is 5.97 Å². The molecule has 3 rings (SSSR count). The van der Waals surface area contributed by atoms with Gasteiger partial charge in [0, 0.05) is 28.6 Å². The summed E-state index contributed by atoms with van der Waals surface area (Å²) in [6, 6.07) is 6.62. The second kappa shape index (κ2) is 9.90. The first-order valence-electron chi connectivity index (χ1n) is 9.61. The molecule has 0 aliphatic heterocycles. The Morgan fingerprint density at radius 3 is 2.60 bits per heavy atom. The fourth-order valence-electron chi connectivity index (χ4n) is 3.01. The van der Waals surface area contributed by atoms with Crippen molar-refractivity contribution in [2.24, 2.45) is 7.05 Å². The molecule has 3 aromatic rings. The number of amides is 1. The molecule has 0 radical (unpaired) electrons. The smallest absolute Gasteiger partial charge is 0.338 e. The number of anilines is 1. The topological polar surface area (TPSA) is 86.1 Å². The third-order valence-electron chi connectivity index (χ3n) is 4.55. The van der Waals surface area contributed by atoms with E-state index in [2.05, 4.69) is 34.7 Å². The van der Waals surface area contributed by atoms with E-state index in [4.69, 9.17) is 4.74 Å². The van der Waals surface area contributed by atoms with E-state index < -0.39 is 0 Å². The Balaban J connectivity index is 1.60. The molecule has 1 amide bonds. The molecule has 158 valence electrons. The highest BCUT2D eigenvalue weighted by Gasteiger charge is 2.17. The summed E-state index contributed by atoms with van der Waals surface area (Å²) in [7, 11) is 1.91. The molecule has 1 N–H and O–H groups in total. The molecule has 0 saturated heterocycles. The van der Waals surface area contributed by atoms with E-state index in [1.807, 2.05) is 11.6 Å².